The van der Waals surface area contributed by atoms with Gasteiger partial charge in [0, 0.05) is 12.1 Å². The summed E-state index contributed by atoms with van der Waals surface area (Å²) >= 11 is 5.36. The van der Waals surface area contributed by atoms with Crippen LogP contribution in [-0.2, 0) is 10.6 Å². The maximum atomic E-state index is 12.9. The minimum absolute atomic E-state index is 0.381. The van der Waals surface area contributed by atoms with Crippen molar-refractivity contribution in [1.29, 1.82) is 0 Å². The summed E-state index contributed by atoms with van der Waals surface area (Å²) in [4.78, 5) is 14.6. The van der Waals surface area contributed by atoms with Gasteiger partial charge < -0.3 is 9.47 Å². The third-order valence-electron chi connectivity index (χ3n) is 2.11. The van der Waals surface area contributed by atoms with Gasteiger partial charge in [-0.25, -0.2) is 18.6 Å². The van der Waals surface area contributed by atoms with Crippen LogP contribution < -0.4 is 4.74 Å². The van der Waals surface area contributed by atoms with Crippen LogP contribution in [0.2, 0.25) is 0 Å². The molecule has 0 fully saturated rings. The van der Waals surface area contributed by atoms with E-state index in [0.29, 0.717) is 0 Å². The van der Waals surface area contributed by atoms with Crippen LogP contribution in [0.4, 0.5) is 22.0 Å². The molecule has 0 unspecified atom stereocenters. The van der Waals surface area contributed by atoms with Crippen LogP contribution in [0.25, 0.3) is 0 Å². The number of carbonyl (C=O) groups excluding carboxylic acids is 1. The molecule has 0 bridgehead atoms. The Morgan fingerprint density at radius 1 is 1.45 bits per heavy atom. The number of carbonyl (C=O) groups is 1. The lowest BCUT2D eigenvalue weighted by atomic mass is 10.1. The zero-order valence-electron chi connectivity index (χ0n) is 9.80. The van der Waals surface area contributed by atoms with E-state index in [0.717, 1.165) is 13.3 Å². The summed E-state index contributed by atoms with van der Waals surface area (Å²) in [6.45, 7) is 0. The minimum Gasteiger partial charge on any atom is -0.464 e. The number of alkyl halides is 6. The number of ether oxygens (including phenoxy) is 2. The van der Waals surface area contributed by atoms with E-state index in [1.54, 1.807) is 0 Å². The molecule has 1 rings (SSSR count). The lowest BCUT2D eigenvalue weighted by Gasteiger charge is -2.17. The van der Waals surface area contributed by atoms with Gasteiger partial charge in [0.2, 0.25) is 0 Å². The molecule has 4 nitrogen and oxygen atoms in total. The normalized spacial score (nSPS) is 11.6. The van der Waals surface area contributed by atoms with E-state index >= 15 is 0 Å². The van der Waals surface area contributed by atoms with Gasteiger partial charge in [-0.3, -0.25) is 0 Å². The third-order valence-corrected chi connectivity index (χ3v) is 2.40. The highest BCUT2D eigenvalue weighted by molar-refractivity contribution is 6.17. The van der Waals surface area contributed by atoms with Crippen molar-refractivity contribution in [3.63, 3.8) is 0 Å². The summed E-state index contributed by atoms with van der Waals surface area (Å²) in [5, 5.41) is 0. The van der Waals surface area contributed by atoms with Gasteiger partial charge in [-0.05, 0) is 5.56 Å². The number of rotatable bonds is 4. The maximum Gasteiger partial charge on any atom is 0.573 e. The zero-order chi connectivity index (χ0) is 15.5. The second kappa shape index (κ2) is 6.21. The van der Waals surface area contributed by atoms with Crippen molar-refractivity contribution in [1.82, 2.24) is 4.98 Å². The number of halogens is 6. The molecule has 0 aliphatic rings. The first-order chi connectivity index (χ1) is 9.21. The standard InChI is InChI=1S/C10H7ClF5NO3/c1-19-9(18)6-7(20-10(14,15)16)5(8(12)13)4(2-11)3-17-6/h3,8H,2H2,1H3. The van der Waals surface area contributed by atoms with Gasteiger partial charge in [0.05, 0.1) is 12.7 Å². The van der Waals surface area contributed by atoms with Crippen molar-refractivity contribution < 1.29 is 36.2 Å². The summed E-state index contributed by atoms with van der Waals surface area (Å²) in [5.74, 6) is -3.27. The Hall–Kier alpha value is -1.64. The largest absolute Gasteiger partial charge is 0.573 e. The fraction of sp³-hybridized carbons (Fsp3) is 0.400. The second-order valence-electron chi connectivity index (χ2n) is 3.35. The van der Waals surface area contributed by atoms with E-state index in [1.165, 1.54) is 0 Å². The molecule has 1 aromatic rings. The Kier molecular flexibility index (Phi) is 5.09. The summed E-state index contributed by atoms with van der Waals surface area (Å²) in [6.07, 6.45) is -7.85. The van der Waals surface area contributed by atoms with Crippen LogP contribution >= 0.6 is 11.6 Å². The summed E-state index contributed by atoms with van der Waals surface area (Å²) in [7, 11) is 0.860. The number of aromatic nitrogens is 1. The summed E-state index contributed by atoms with van der Waals surface area (Å²) in [5.41, 5.74) is -2.53. The molecular weight excluding hydrogens is 313 g/mol. The topological polar surface area (TPSA) is 48.4 Å². The molecule has 0 aliphatic carbocycles. The van der Waals surface area contributed by atoms with Crippen molar-refractivity contribution >= 4 is 17.6 Å². The lowest BCUT2D eigenvalue weighted by molar-refractivity contribution is -0.275. The lowest BCUT2D eigenvalue weighted by Crippen LogP contribution is -2.22. The average Bonchev–Trinajstić information content (AvgIpc) is 2.34. The number of methoxy groups -OCH3 is 1. The molecule has 0 spiro atoms. The molecule has 0 N–H and O–H groups in total. The smallest absolute Gasteiger partial charge is 0.464 e. The fourth-order valence-corrected chi connectivity index (χ4v) is 1.56. The van der Waals surface area contributed by atoms with Gasteiger partial charge in [0.1, 0.15) is 0 Å². The molecule has 1 aromatic heterocycles. The van der Waals surface area contributed by atoms with Gasteiger partial charge in [0.25, 0.3) is 6.43 Å². The van der Waals surface area contributed by atoms with Crippen LogP contribution in [0.5, 0.6) is 5.75 Å². The molecule has 0 atom stereocenters. The van der Waals surface area contributed by atoms with Crippen molar-refractivity contribution in [3.8, 4) is 5.75 Å². The van der Waals surface area contributed by atoms with Gasteiger partial charge in [-0.2, -0.15) is 0 Å². The fourth-order valence-electron chi connectivity index (χ4n) is 1.35. The van der Waals surface area contributed by atoms with Crippen LogP contribution in [0.3, 0.4) is 0 Å². The molecule has 10 heteroatoms. The molecule has 0 amide bonds. The van der Waals surface area contributed by atoms with Crippen LogP contribution in [0.15, 0.2) is 6.20 Å². The number of hydrogen-bond acceptors (Lipinski definition) is 4. The van der Waals surface area contributed by atoms with E-state index in [-0.39, 0.29) is 5.56 Å². The maximum absolute atomic E-state index is 12.9. The zero-order valence-corrected chi connectivity index (χ0v) is 10.6. The predicted octanol–water partition coefficient (Wildman–Crippen LogP) is 3.44. The molecule has 0 aromatic carbocycles. The van der Waals surface area contributed by atoms with Crippen LogP contribution in [0, 0.1) is 0 Å². The summed E-state index contributed by atoms with van der Waals surface area (Å²) < 4.78 is 70.3. The minimum atomic E-state index is -5.28. The van der Waals surface area contributed by atoms with Gasteiger partial charge in [0.15, 0.2) is 11.4 Å². The molecule has 0 aliphatic heterocycles. The number of esters is 1. The van der Waals surface area contributed by atoms with Crippen LogP contribution in [0.1, 0.15) is 28.0 Å². The van der Waals surface area contributed by atoms with Gasteiger partial charge in [-0.15, -0.1) is 24.8 Å². The Morgan fingerprint density at radius 2 is 2.05 bits per heavy atom. The third kappa shape index (κ3) is 3.69. The Bertz CT molecular complexity index is 506. The first kappa shape index (κ1) is 16.4. The SMILES string of the molecule is COC(=O)c1ncc(CCl)c(C(F)F)c1OC(F)(F)F. The quantitative estimate of drug-likeness (QED) is 0.484. The van der Waals surface area contributed by atoms with E-state index in [9.17, 15) is 26.7 Å². The first-order valence-corrected chi connectivity index (χ1v) is 5.44. The van der Waals surface area contributed by atoms with E-state index in [2.05, 4.69) is 14.5 Å². The van der Waals surface area contributed by atoms with Gasteiger partial charge >= 0.3 is 12.3 Å². The van der Waals surface area contributed by atoms with Crippen molar-refractivity contribution in [2.75, 3.05) is 7.11 Å². The van der Waals surface area contributed by atoms with E-state index in [4.69, 9.17) is 11.6 Å². The molecule has 0 saturated heterocycles. The molecule has 20 heavy (non-hydrogen) atoms. The number of pyridine rings is 1. The number of hydrogen-bond donors (Lipinski definition) is 0. The molecule has 0 radical (unpaired) electrons. The molecular formula is C10H7ClF5NO3. The highest BCUT2D eigenvalue weighted by Crippen LogP contribution is 2.38. The molecule has 0 saturated carbocycles. The van der Waals surface area contributed by atoms with Crippen molar-refractivity contribution in [3.05, 3.63) is 23.0 Å². The Morgan fingerprint density at radius 3 is 2.45 bits per heavy atom. The highest BCUT2D eigenvalue weighted by Gasteiger charge is 2.37. The van der Waals surface area contributed by atoms with E-state index in [1.807, 2.05) is 0 Å². The second-order valence-corrected chi connectivity index (χ2v) is 3.62. The van der Waals surface area contributed by atoms with E-state index < -0.39 is 41.6 Å². The predicted molar refractivity (Wildman–Crippen MR) is 56.8 cm³/mol. The van der Waals surface area contributed by atoms with Crippen LogP contribution in [-0.4, -0.2) is 24.4 Å². The van der Waals surface area contributed by atoms with Gasteiger partial charge in [-0.1, -0.05) is 0 Å². The Labute approximate surface area is 114 Å². The number of nitrogens with zero attached hydrogens (tertiary/aromatic N) is 1. The van der Waals surface area contributed by atoms with Crippen molar-refractivity contribution in [2.45, 2.75) is 18.7 Å². The molecule has 112 valence electrons. The highest BCUT2D eigenvalue weighted by atomic mass is 35.5. The summed E-state index contributed by atoms with van der Waals surface area (Å²) in [6, 6.07) is 0. The molecule has 1 heterocycles. The first-order valence-electron chi connectivity index (χ1n) is 4.91. The monoisotopic (exact) mass is 319 g/mol. The Balaban J connectivity index is 3.54. The average molecular weight is 320 g/mol. The van der Waals surface area contributed by atoms with Crippen molar-refractivity contribution in [2.24, 2.45) is 0 Å².